The molecule has 6 N–H and O–H groups in total. The third-order valence-electron chi connectivity index (χ3n) is 3.67. The second kappa shape index (κ2) is 10.6. The Morgan fingerprint density at radius 3 is 2.38 bits per heavy atom. The summed E-state index contributed by atoms with van der Waals surface area (Å²) in [6.07, 6.45) is 5.10. The number of benzene rings is 1. The SMILES string of the molecule is CCCCCCCCNN(C(=O)c1ccc(O)cc1)C(O)C(=N)N. The number of amides is 1. The number of phenolic OH excluding ortho intramolecular Hbond substituents is 1. The topological polar surface area (TPSA) is 123 Å². The van der Waals surface area contributed by atoms with Gasteiger partial charge in [0.15, 0.2) is 0 Å². The van der Waals surface area contributed by atoms with Gasteiger partial charge >= 0.3 is 0 Å². The number of hydrogen-bond donors (Lipinski definition) is 5. The molecule has 0 fully saturated rings. The van der Waals surface area contributed by atoms with Gasteiger partial charge < -0.3 is 15.9 Å². The molecule has 0 bridgehead atoms. The highest BCUT2D eigenvalue weighted by molar-refractivity contribution is 5.97. The van der Waals surface area contributed by atoms with Gasteiger partial charge in [0.2, 0.25) is 6.23 Å². The number of carbonyl (C=O) groups excluding carboxylic acids is 1. The summed E-state index contributed by atoms with van der Waals surface area (Å²) in [4.78, 5) is 12.5. The Bertz CT molecular complexity index is 519. The van der Waals surface area contributed by atoms with Crippen LogP contribution in [0.1, 0.15) is 55.8 Å². The Morgan fingerprint density at radius 2 is 1.79 bits per heavy atom. The molecule has 1 rings (SSSR count). The van der Waals surface area contributed by atoms with E-state index in [-0.39, 0.29) is 11.3 Å². The number of nitrogens with one attached hydrogen (secondary N) is 2. The van der Waals surface area contributed by atoms with Crippen LogP contribution < -0.4 is 11.2 Å². The Kier molecular flexibility index (Phi) is 8.81. The van der Waals surface area contributed by atoms with Crippen molar-refractivity contribution in [1.82, 2.24) is 10.4 Å². The van der Waals surface area contributed by atoms with Crippen molar-refractivity contribution in [2.75, 3.05) is 6.54 Å². The van der Waals surface area contributed by atoms with Gasteiger partial charge in [0, 0.05) is 12.1 Å². The summed E-state index contributed by atoms with van der Waals surface area (Å²) in [6, 6.07) is 5.67. The van der Waals surface area contributed by atoms with Crippen molar-refractivity contribution < 1.29 is 15.0 Å². The lowest BCUT2D eigenvalue weighted by Crippen LogP contribution is -2.54. The molecule has 7 heteroatoms. The normalized spacial score (nSPS) is 11.9. The molecular formula is C17H28N4O3. The maximum absolute atomic E-state index is 12.5. The predicted molar refractivity (Wildman–Crippen MR) is 93.6 cm³/mol. The molecule has 7 nitrogen and oxygen atoms in total. The molecule has 1 aromatic rings. The van der Waals surface area contributed by atoms with Crippen LogP contribution in [0.3, 0.4) is 0 Å². The number of unbranched alkanes of at least 4 members (excludes halogenated alkanes) is 5. The molecule has 24 heavy (non-hydrogen) atoms. The minimum absolute atomic E-state index is 0.0465. The lowest BCUT2D eigenvalue weighted by atomic mass is 10.1. The van der Waals surface area contributed by atoms with Crippen molar-refractivity contribution in [2.24, 2.45) is 5.73 Å². The minimum Gasteiger partial charge on any atom is -0.508 e. The molecule has 0 aliphatic carbocycles. The van der Waals surface area contributed by atoms with Crippen molar-refractivity contribution in [3.05, 3.63) is 29.8 Å². The molecule has 0 aliphatic heterocycles. The number of rotatable bonds is 11. The van der Waals surface area contributed by atoms with Crippen molar-refractivity contribution >= 4 is 11.7 Å². The predicted octanol–water partition coefficient (Wildman–Crippen LogP) is 1.95. The van der Waals surface area contributed by atoms with Gasteiger partial charge in [-0.2, -0.15) is 0 Å². The number of hydrogen-bond acceptors (Lipinski definition) is 5. The lowest BCUT2D eigenvalue weighted by Gasteiger charge is -2.27. The maximum atomic E-state index is 12.5. The van der Waals surface area contributed by atoms with Crippen LogP contribution in [0, 0.1) is 5.41 Å². The molecule has 0 spiro atoms. The van der Waals surface area contributed by atoms with Crippen LogP contribution in [0.25, 0.3) is 0 Å². The molecule has 0 saturated carbocycles. The van der Waals surface area contributed by atoms with E-state index in [1.807, 2.05) is 0 Å². The first-order valence-corrected chi connectivity index (χ1v) is 8.35. The van der Waals surface area contributed by atoms with Crippen LogP contribution >= 0.6 is 0 Å². The van der Waals surface area contributed by atoms with Crippen molar-refractivity contribution in [1.29, 1.82) is 5.41 Å². The molecule has 1 amide bonds. The van der Waals surface area contributed by atoms with E-state index in [4.69, 9.17) is 11.1 Å². The zero-order valence-electron chi connectivity index (χ0n) is 14.2. The van der Waals surface area contributed by atoms with Gasteiger partial charge in [0.25, 0.3) is 5.91 Å². The van der Waals surface area contributed by atoms with E-state index in [2.05, 4.69) is 12.3 Å². The van der Waals surface area contributed by atoms with Crippen LogP contribution in [0.5, 0.6) is 5.75 Å². The van der Waals surface area contributed by atoms with Crippen LogP contribution in [0.4, 0.5) is 0 Å². The summed E-state index contributed by atoms with van der Waals surface area (Å²) in [6.45, 7) is 2.66. The highest BCUT2D eigenvalue weighted by Crippen LogP contribution is 2.12. The van der Waals surface area contributed by atoms with Crippen molar-refractivity contribution in [3.8, 4) is 5.75 Å². The third kappa shape index (κ3) is 6.55. The van der Waals surface area contributed by atoms with E-state index < -0.39 is 18.0 Å². The molecule has 134 valence electrons. The standard InChI is InChI=1S/C17H28N4O3/c1-2-3-4-5-6-7-12-20-21(17(24)15(18)19)16(23)13-8-10-14(22)11-9-13/h8-11,17,20,22,24H,2-7,12H2,1H3,(H3,18,19). The quantitative estimate of drug-likeness (QED) is 0.139. The van der Waals surface area contributed by atoms with E-state index in [0.29, 0.717) is 6.54 Å². The number of aromatic hydroxyl groups is 1. The number of aliphatic hydroxyl groups is 1. The summed E-state index contributed by atoms with van der Waals surface area (Å²) < 4.78 is 0. The summed E-state index contributed by atoms with van der Waals surface area (Å²) in [5, 5.41) is 27.6. The fourth-order valence-corrected chi connectivity index (χ4v) is 2.26. The van der Waals surface area contributed by atoms with Crippen molar-refractivity contribution in [2.45, 2.75) is 51.7 Å². The lowest BCUT2D eigenvalue weighted by molar-refractivity contribution is 0.0143. The van der Waals surface area contributed by atoms with Crippen LogP contribution in [0.15, 0.2) is 24.3 Å². The summed E-state index contributed by atoms with van der Waals surface area (Å²) in [5.41, 5.74) is 8.46. The van der Waals surface area contributed by atoms with E-state index in [0.717, 1.165) is 24.3 Å². The minimum atomic E-state index is -1.54. The molecule has 0 aliphatic rings. The van der Waals surface area contributed by atoms with E-state index in [1.54, 1.807) is 0 Å². The number of carbonyl (C=O) groups is 1. The van der Waals surface area contributed by atoms with E-state index >= 15 is 0 Å². The highest BCUT2D eigenvalue weighted by atomic mass is 16.3. The Labute approximate surface area is 143 Å². The van der Waals surface area contributed by atoms with E-state index in [9.17, 15) is 15.0 Å². The first-order valence-electron chi connectivity index (χ1n) is 8.35. The number of nitrogens with zero attached hydrogens (tertiary/aromatic N) is 1. The Hall–Kier alpha value is -2.12. The number of nitrogens with two attached hydrogens (primary N) is 1. The largest absolute Gasteiger partial charge is 0.508 e. The van der Waals surface area contributed by atoms with Crippen LogP contribution in [-0.2, 0) is 0 Å². The van der Waals surface area contributed by atoms with Crippen LogP contribution in [0.2, 0.25) is 0 Å². The second-order valence-corrected chi connectivity index (χ2v) is 5.73. The third-order valence-corrected chi connectivity index (χ3v) is 3.67. The average Bonchev–Trinajstić information content (AvgIpc) is 2.57. The second-order valence-electron chi connectivity index (χ2n) is 5.73. The number of aliphatic hydroxyl groups excluding tert-OH is 1. The summed E-state index contributed by atoms with van der Waals surface area (Å²) in [7, 11) is 0. The molecule has 0 aromatic heterocycles. The molecule has 0 saturated heterocycles. The van der Waals surface area contributed by atoms with Gasteiger partial charge in [-0.1, -0.05) is 39.0 Å². The number of hydrazine groups is 1. The molecule has 1 atom stereocenters. The van der Waals surface area contributed by atoms with Crippen molar-refractivity contribution in [3.63, 3.8) is 0 Å². The van der Waals surface area contributed by atoms with Gasteiger partial charge in [-0.15, -0.1) is 0 Å². The zero-order chi connectivity index (χ0) is 17.9. The Morgan fingerprint density at radius 1 is 1.21 bits per heavy atom. The summed E-state index contributed by atoms with van der Waals surface area (Å²) in [5.74, 6) is -0.980. The molecule has 1 aromatic carbocycles. The number of amidine groups is 1. The van der Waals surface area contributed by atoms with Gasteiger partial charge in [-0.05, 0) is 30.7 Å². The molecule has 0 heterocycles. The first kappa shape index (κ1) is 19.9. The molecular weight excluding hydrogens is 308 g/mol. The van der Waals surface area contributed by atoms with Crippen LogP contribution in [-0.4, -0.2) is 39.7 Å². The maximum Gasteiger partial charge on any atom is 0.270 e. The van der Waals surface area contributed by atoms with Gasteiger partial charge in [0.05, 0.1) is 0 Å². The zero-order valence-corrected chi connectivity index (χ0v) is 14.2. The first-order chi connectivity index (χ1) is 11.5. The molecule has 1 unspecified atom stereocenters. The van der Waals surface area contributed by atoms with Gasteiger partial charge in [-0.3, -0.25) is 10.2 Å². The Balaban J connectivity index is 2.59. The fraction of sp³-hybridized carbons (Fsp3) is 0.529. The average molecular weight is 336 g/mol. The monoisotopic (exact) mass is 336 g/mol. The van der Waals surface area contributed by atoms with E-state index in [1.165, 1.54) is 43.5 Å². The summed E-state index contributed by atoms with van der Waals surface area (Å²) >= 11 is 0. The highest BCUT2D eigenvalue weighted by Gasteiger charge is 2.25. The van der Waals surface area contributed by atoms with Gasteiger partial charge in [0.1, 0.15) is 11.6 Å². The molecule has 0 radical (unpaired) electrons. The fourth-order valence-electron chi connectivity index (χ4n) is 2.26. The smallest absolute Gasteiger partial charge is 0.270 e. The number of phenols is 1. The van der Waals surface area contributed by atoms with Gasteiger partial charge in [-0.25, -0.2) is 10.4 Å².